The van der Waals surface area contributed by atoms with E-state index in [2.05, 4.69) is 35.5 Å². The predicted molar refractivity (Wildman–Crippen MR) is 128 cm³/mol. The minimum absolute atomic E-state index is 0.0644. The third-order valence-electron chi connectivity index (χ3n) is 7.38. The number of amides is 2. The van der Waals surface area contributed by atoms with Crippen LogP contribution in [-0.2, 0) is 4.79 Å². The zero-order valence-electron chi connectivity index (χ0n) is 21.0. The number of halogens is 4. The first-order chi connectivity index (χ1) is 18.4. The molecule has 2 saturated carbocycles. The van der Waals surface area contributed by atoms with Gasteiger partial charge in [0.1, 0.15) is 11.5 Å². The molecule has 1 aromatic carbocycles. The molecule has 2 heterocycles. The van der Waals surface area contributed by atoms with Crippen molar-refractivity contribution >= 4 is 22.8 Å². The van der Waals surface area contributed by atoms with Gasteiger partial charge in [-0.25, -0.2) is 27.2 Å². The number of fused-ring (bicyclic) bond motifs is 1. The molecule has 2 amide bonds. The van der Waals surface area contributed by atoms with Crippen molar-refractivity contribution in [2.45, 2.75) is 76.0 Å². The van der Waals surface area contributed by atoms with Crippen LogP contribution in [0.25, 0.3) is 11.0 Å². The van der Waals surface area contributed by atoms with Crippen LogP contribution in [0.5, 0.6) is 0 Å². The summed E-state index contributed by atoms with van der Waals surface area (Å²) in [6.45, 7) is 1.53. The van der Waals surface area contributed by atoms with Crippen molar-refractivity contribution in [2.24, 2.45) is 11.8 Å². The molecular formula is C25H28F4N6O4. The first-order valence-electron chi connectivity index (χ1n) is 12.7. The van der Waals surface area contributed by atoms with E-state index in [1.807, 2.05) is 0 Å². The lowest BCUT2D eigenvalue weighted by molar-refractivity contribution is -0.136. The van der Waals surface area contributed by atoms with Crippen LogP contribution in [0.3, 0.4) is 0 Å². The van der Waals surface area contributed by atoms with Gasteiger partial charge >= 0.3 is 0 Å². The summed E-state index contributed by atoms with van der Waals surface area (Å²) in [4.78, 5) is 32.7. The topological polar surface area (TPSA) is 146 Å². The molecule has 3 aromatic rings. The monoisotopic (exact) mass is 552 g/mol. The van der Waals surface area contributed by atoms with Crippen molar-refractivity contribution in [3.63, 3.8) is 0 Å². The number of hydrogen-bond donors (Lipinski definition) is 4. The molecule has 3 atom stereocenters. The van der Waals surface area contributed by atoms with Gasteiger partial charge in [0.05, 0.1) is 17.1 Å². The van der Waals surface area contributed by atoms with Crippen LogP contribution in [-0.4, -0.2) is 49.0 Å². The summed E-state index contributed by atoms with van der Waals surface area (Å²) in [6, 6.07) is 3.74. The number of nitrogens with zero attached hydrogens (tertiary/aromatic N) is 3. The molecule has 2 aromatic heterocycles. The number of aryl methyl sites for hydroxylation is 1. The fourth-order valence-electron chi connectivity index (χ4n) is 5.40. The summed E-state index contributed by atoms with van der Waals surface area (Å²) in [7, 11) is 0. The summed E-state index contributed by atoms with van der Waals surface area (Å²) in [6.07, 6.45) is -2.16. The van der Waals surface area contributed by atoms with Crippen molar-refractivity contribution in [1.82, 2.24) is 30.9 Å². The van der Waals surface area contributed by atoms with Crippen molar-refractivity contribution in [3.05, 3.63) is 41.0 Å². The minimum Gasteiger partial charge on any atom is -0.369 e. The highest BCUT2D eigenvalue weighted by Crippen LogP contribution is 2.44. The maximum Gasteiger partial charge on any atom is 0.276 e. The Balaban J connectivity index is 1.35. The number of alkyl halides is 4. The van der Waals surface area contributed by atoms with E-state index in [9.17, 15) is 32.3 Å². The van der Waals surface area contributed by atoms with Gasteiger partial charge in [0.25, 0.3) is 5.91 Å². The van der Waals surface area contributed by atoms with E-state index in [-0.39, 0.29) is 49.3 Å². The van der Waals surface area contributed by atoms with Crippen LogP contribution in [0, 0.1) is 18.8 Å². The molecule has 39 heavy (non-hydrogen) atoms. The van der Waals surface area contributed by atoms with Gasteiger partial charge in [-0.3, -0.25) is 9.59 Å². The fourth-order valence-corrected chi connectivity index (χ4v) is 5.40. The Hall–Kier alpha value is -3.55. The molecule has 2 aliphatic carbocycles. The lowest BCUT2D eigenvalue weighted by Crippen LogP contribution is -2.39. The molecule has 10 nitrogen and oxygen atoms in total. The van der Waals surface area contributed by atoms with E-state index in [0.717, 1.165) is 0 Å². The van der Waals surface area contributed by atoms with E-state index in [0.29, 0.717) is 23.0 Å². The average molecular weight is 553 g/mol. The van der Waals surface area contributed by atoms with Gasteiger partial charge in [-0.15, -0.1) is 0 Å². The number of H-pyrrole nitrogens is 1. The SMILES string of the molecule is Cc1nonc1C(=O)N[C@H](c1nc2ccc([C@@H](O)NC(=O)CC3CC(F)(F)C3)cc2[nH]1)[C@@H]1CCCC(F)(F)C1. The Morgan fingerprint density at radius 1 is 1.15 bits per heavy atom. The number of benzene rings is 1. The second-order valence-corrected chi connectivity index (χ2v) is 10.6. The van der Waals surface area contributed by atoms with Gasteiger partial charge in [-0.2, -0.15) is 0 Å². The first-order valence-corrected chi connectivity index (χ1v) is 12.7. The number of aliphatic hydroxyl groups excluding tert-OH is 1. The highest BCUT2D eigenvalue weighted by atomic mass is 19.3. The van der Waals surface area contributed by atoms with Crippen LogP contribution < -0.4 is 10.6 Å². The van der Waals surface area contributed by atoms with E-state index >= 15 is 0 Å². The number of carbonyl (C=O) groups is 2. The van der Waals surface area contributed by atoms with E-state index in [1.165, 1.54) is 19.1 Å². The summed E-state index contributed by atoms with van der Waals surface area (Å²) in [5.74, 6) is -7.61. The Kier molecular flexibility index (Phi) is 7.08. The molecule has 0 unspecified atom stereocenters. The van der Waals surface area contributed by atoms with Gasteiger partial charge in [0.15, 0.2) is 11.9 Å². The quantitative estimate of drug-likeness (QED) is 0.243. The number of aromatic amines is 1. The lowest BCUT2D eigenvalue weighted by atomic mass is 9.79. The number of aliphatic hydroxyl groups is 1. The molecule has 4 N–H and O–H groups in total. The first kappa shape index (κ1) is 27.0. The Morgan fingerprint density at radius 2 is 1.92 bits per heavy atom. The zero-order chi connectivity index (χ0) is 27.9. The molecule has 0 saturated heterocycles. The molecule has 2 aliphatic rings. The molecule has 0 bridgehead atoms. The number of hydrogen-bond acceptors (Lipinski definition) is 7. The number of aromatic nitrogens is 4. The smallest absolute Gasteiger partial charge is 0.276 e. The number of rotatable bonds is 8. The second kappa shape index (κ2) is 10.2. The third-order valence-corrected chi connectivity index (χ3v) is 7.38. The predicted octanol–water partition coefficient (Wildman–Crippen LogP) is 4.09. The van der Waals surface area contributed by atoms with E-state index in [1.54, 1.807) is 6.07 Å². The molecule has 0 radical (unpaired) electrons. The van der Waals surface area contributed by atoms with Crippen LogP contribution in [0.15, 0.2) is 22.8 Å². The molecule has 14 heteroatoms. The molecule has 0 spiro atoms. The van der Waals surface area contributed by atoms with Gasteiger partial charge in [0.2, 0.25) is 17.8 Å². The maximum atomic E-state index is 14.3. The largest absolute Gasteiger partial charge is 0.369 e. The molecule has 0 aliphatic heterocycles. The molecule has 210 valence electrons. The van der Waals surface area contributed by atoms with E-state index < -0.39 is 54.2 Å². The molecule has 5 rings (SSSR count). The van der Waals surface area contributed by atoms with Crippen LogP contribution in [0.2, 0.25) is 0 Å². The number of imidazole rings is 1. The standard InChI is InChI=1S/C25H28F4N6O4/c1-12-19(35-39-34-12)23(38)33-20(15-3-2-6-24(26,27)11-15)21-30-16-5-4-14(8-17(16)31-21)22(37)32-18(36)7-13-9-25(28,29)10-13/h4-5,8,13,15,20,22,37H,2-3,6-7,9-11H2,1H3,(H,30,31)(H,32,36)(H,33,38)/t15-,20+,22-/m1/s1. The highest BCUT2D eigenvalue weighted by Gasteiger charge is 2.46. The lowest BCUT2D eigenvalue weighted by Gasteiger charge is -2.34. The van der Waals surface area contributed by atoms with Crippen molar-refractivity contribution in [2.75, 3.05) is 0 Å². The van der Waals surface area contributed by atoms with Gasteiger partial charge in [-0.05, 0) is 48.9 Å². The summed E-state index contributed by atoms with van der Waals surface area (Å²) < 4.78 is 59.3. The number of nitrogens with one attached hydrogen (secondary N) is 3. The zero-order valence-corrected chi connectivity index (χ0v) is 21.0. The Labute approximate surface area is 219 Å². The summed E-state index contributed by atoms with van der Waals surface area (Å²) >= 11 is 0. The summed E-state index contributed by atoms with van der Waals surface area (Å²) in [5, 5.41) is 22.8. The van der Waals surface area contributed by atoms with Crippen molar-refractivity contribution in [1.29, 1.82) is 0 Å². The van der Waals surface area contributed by atoms with Gasteiger partial charge in [-0.1, -0.05) is 11.2 Å². The van der Waals surface area contributed by atoms with Crippen molar-refractivity contribution < 1.29 is 36.9 Å². The normalized spacial score (nSPS) is 22.2. The Morgan fingerprint density at radius 3 is 2.59 bits per heavy atom. The third kappa shape index (κ3) is 6.05. The minimum atomic E-state index is -2.88. The maximum absolute atomic E-state index is 14.3. The Bertz CT molecular complexity index is 1370. The second-order valence-electron chi connectivity index (χ2n) is 10.6. The highest BCUT2D eigenvalue weighted by molar-refractivity contribution is 5.93. The molecular weight excluding hydrogens is 524 g/mol. The van der Waals surface area contributed by atoms with Crippen LogP contribution >= 0.6 is 0 Å². The fraction of sp³-hybridized carbons (Fsp3) is 0.560. The van der Waals surface area contributed by atoms with Crippen molar-refractivity contribution in [3.8, 4) is 0 Å². The van der Waals surface area contributed by atoms with Gasteiger partial charge in [0, 0.05) is 37.7 Å². The van der Waals surface area contributed by atoms with E-state index in [4.69, 9.17) is 0 Å². The molecule has 2 fully saturated rings. The summed E-state index contributed by atoms with van der Waals surface area (Å²) in [5.41, 5.74) is 1.38. The average Bonchev–Trinajstić information content (AvgIpc) is 3.45. The van der Waals surface area contributed by atoms with Crippen LogP contribution in [0.1, 0.15) is 84.8 Å². The van der Waals surface area contributed by atoms with Crippen LogP contribution in [0.4, 0.5) is 17.6 Å². The van der Waals surface area contributed by atoms with Gasteiger partial charge < -0.3 is 20.7 Å². The number of carbonyl (C=O) groups excluding carboxylic acids is 2.